The number of aryl methyl sites for hydroxylation is 1. The van der Waals surface area contributed by atoms with Gasteiger partial charge in [0.25, 0.3) is 5.78 Å². The first-order chi connectivity index (χ1) is 9.56. The molecule has 1 aliphatic rings. The van der Waals surface area contributed by atoms with E-state index < -0.39 is 0 Å². The number of hydrogen-bond acceptors (Lipinski definition) is 5. The third-order valence-corrected chi connectivity index (χ3v) is 4.00. The van der Waals surface area contributed by atoms with Crippen LogP contribution in [0.3, 0.4) is 0 Å². The van der Waals surface area contributed by atoms with E-state index in [-0.39, 0.29) is 5.78 Å². The molecule has 0 amide bonds. The molecule has 1 aliphatic carbocycles. The first kappa shape index (κ1) is 13.0. The number of Topliss-reactive ketones (excluding diaryl/α,β-unsaturated/α-hetero) is 1. The number of allylic oxidation sites excluding steroid dienone is 4. The molecule has 2 aromatic rings. The summed E-state index contributed by atoms with van der Waals surface area (Å²) in [6.45, 7) is 1.89. The van der Waals surface area contributed by atoms with Crippen molar-refractivity contribution in [2.24, 2.45) is 0 Å². The Morgan fingerprint density at radius 3 is 3.00 bits per heavy atom. The first-order valence-electron chi connectivity index (χ1n) is 6.09. The van der Waals surface area contributed by atoms with Crippen molar-refractivity contribution in [3.05, 3.63) is 39.8 Å². The number of nitrogen functional groups attached to an aromatic ring is 1. The van der Waals surface area contributed by atoms with E-state index in [0.29, 0.717) is 28.9 Å². The number of ketones is 1. The SMILES string of the molecule is Cc1nc2ncnn2c(N)c1CC1=CC=C(Br)C(=O)C1. The molecule has 20 heavy (non-hydrogen) atoms. The van der Waals surface area contributed by atoms with Gasteiger partial charge in [0.05, 0.1) is 4.48 Å². The Balaban J connectivity index is 2.01. The molecule has 0 aromatic carbocycles. The maximum absolute atomic E-state index is 11.7. The summed E-state index contributed by atoms with van der Waals surface area (Å²) in [7, 11) is 0. The molecule has 0 radical (unpaired) electrons. The molecule has 0 saturated carbocycles. The van der Waals surface area contributed by atoms with Crippen LogP contribution in [0.15, 0.2) is 28.5 Å². The Labute approximate surface area is 123 Å². The van der Waals surface area contributed by atoms with Gasteiger partial charge < -0.3 is 5.73 Å². The summed E-state index contributed by atoms with van der Waals surface area (Å²) in [5, 5.41) is 4.05. The Kier molecular flexibility index (Phi) is 3.13. The molecule has 2 aromatic heterocycles. The average molecular weight is 334 g/mol. The summed E-state index contributed by atoms with van der Waals surface area (Å²) in [5.74, 6) is 1.08. The predicted molar refractivity (Wildman–Crippen MR) is 78.4 cm³/mol. The van der Waals surface area contributed by atoms with Gasteiger partial charge in [0.2, 0.25) is 0 Å². The third kappa shape index (κ3) is 2.14. The highest BCUT2D eigenvalue weighted by molar-refractivity contribution is 9.12. The third-order valence-electron chi connectivity index (χ3n) is 3.29. The Hall–Kier alpha value is -2.02. The molecule has 0 saturated heterocycles. The van der Waals surface area contributed by atoms with E-state index in [1.807, 2.05) is 13.0 Å². The van der Waals surface area contributed by atoms with Gasteiger partial charge in [-0.3, -0.25) is 4.79 Å². The van der Waals surface area contributed by atoms with Crippen LogP contribution >= 0.6 is 15.9 Å². The molecule has 0 unspecified atom stereocenters. The standard InChI is InChI=1S/C13H12BrN5O/c1-7-9(4-8-2-3-10(14)11(20)5-8)12(15)19-13(18-7)16-6-17-19/h2-3,6H,4-5,15H2,1H3. The minimum absolute atomic E-state index is 0.0773. The molecule has 2 N–H and O–H groups in total. The van der Waals surface area contributed by atoms with E-state index in [2.05, 4.69) is 31.0 Å². The Bertz CT molecular complexity index is 774. The van der Waals surface area contributed by atoms with Crippen LogP contribution in [0.1, 0.15) is 17.7 Å². The lowest BCUT2D eigenvalue weighted by atomic mass is 9.96. The van der Waals surface area contributed by atoms with E-state index in [1.165, 1.54) is 10.8 Å². The average Bonchev–Trinajstić information content (AvgIpc) is 2.87. The van der Waals surface area contributed by atoms with Crippen molar-refractivity contribution in [2.45, 2.75) is 19.8 Å². The fourth-order valence-corrected chi connectivity index (χ4v) is 2.49. The van der Waals surface area contributed by atoms with E-state index in [0.717, 1.165) is 16.8 Å². The summed E-state index contributed by atoms with van der Waals surface area (Å²) >= 11 is 3.23. The van der Waals surface area contributed by atoms with Gasteiger partial charge in [-0.15, -0.1) is 0 Å². The van der Waals surface area contributed by atoms with Crippen LogP contribution in [-0.4, -0.2) is 25.4 Å². The molecule has 7 heteroatoms. The quantitative estimate of drug-likeness (QED) is 0.904. The fraction of sp³-hybridized carbons (Fsp3) is 0.231. The summed E-state index contributed by atoms with van der Waals surface area (Å²) < 4.78 is 2.12. The lowest BCUT2D eigenvalue weighted by Crippen LogP contribution is -2.11. The predicted octanol–water partition coefficient (Wildman–Crippen LogP) is 1.74. The molecule has 6 nitrogen and oxygen atoms in total. The van der Waals surface area contributed by atoms with E-state index in [9.17, 15) is 4.79 Å². The monoisotopic (exact) mass is 333 g/mol. The number of carbonyl (C=O) groups is 1. The molecule has 2 heterocycles. The number of nitrogens with zero attached hydrogens (tertiary/aromatic N) is 4. The van der Waals surface area contributed by atoms with Gasteiger partial charge in [-0.1, -0.05) is 11.6 Å². The van der Waals surface area contributed by atoms with Gasteiger partial charge in [0.15, 0.2) is 5.78 Å². The number of nitrogens with two attached hydrogens (primary N) is 1. The molecule has 0 bridgehead atoms. The highest BCUT2D eigenvalue weighted by Crippen LogP contribution is 2.25. The number of anilines is 1. The lowest BCUT2D eigenvalue weighted by Gasteiger charge is -2.14. The minimum atomic E-state index is 0.0773. The summed E-state index contributed by atoms with van der Waals surface area (Å²) in [6.07, 6.45) is 6.11. The maximum atomic E-state index is 11.7. The van der Waals surface area contributed by atoms with Crippen molar-refractivity contribution >= 4 is 33.3 Å². The number of rotatable bonds is 2. The smallest absolute Gasteiger partial charge is 0.254 e. The van der Waals surface area contributed by atoms with Crippen LogP contribution in [0, 0.1) is 6.92 Å². The van der Waals surface area contributed by atoms with Gasteiger partial charge in [-0.05, 0) is 35.4 Å². The van der Waals surface area contributed by atoms with Crippen LogP contribution in [-0.2, 0) is 11.2 Å². The summed E-state index contributed by atoms with van der Waals surface area (Å²) in [6, 6.07) is 0. The Morgan fingerprint density at radius 1 is 1.45 bits per heavy atom. The second kappa shape index (κ2) is 4.82. The number of hydrogen-bond donors (Lipinski definition) is 1. The highest BCUT2D eigenvalue weighted by atomic mass is 79.9. The van der Waals surface area contributed by atoms with Crippen molar-refractivity contribution < 1.29 is 4.79 Å². The normalized spacial score (nSPS) is 15.4. The van der Waals surface area contributed by atoms with E-state index >= 15 is 0 Å². The molecule has 3 rings (SSSR count). The summed E-state index contributed by atoms with van der Waals surface area (Å²) in [5.41, 5.74) is 8.83. The second-order valence-electron chi connectivity index (χ2n) is 4.65. The summed E-state index contributed by atoms with van der Waals surface area (Å²) in [4.78, 5) is 20.1. The van der Waals surface area contributed by atoms with Crippen LogP contribution in [0.25, 0.3) is 5.78 Å². The van der Waals surface area contributed by atoms with Crippen molar-refractivity contribution in [2.75, 3.05) is 5.73 Å². The molecule has 0 spiro atoms. The van der Waals surface area contributed by atoms with Gasteiger partial charge >= 0.3 is 0 Å². The zero-order valence-electron chi connectivity index (χ0n) is 10.8. The van der Waals surface area contributed by atoms with Crippen LogP contribution in [0.2, 0.25) is 0 Å². The number of halogens is 1. The van der Waals surface area contributed by atoms with Gasteiger partial charge in [0, 0.05) is 17.7 Å². The fourth-order valence-electron chi connectivity index (χ4n) is 2.21. The second-order valence-corrected chi connectivity index (χ2v) is 5.50. The molecular formula is C13H12BrN5O. The molecule has 0 fully saturated rings. The maximum Gasteiger partial charge on any atom is 0.254 e. The molecular weight excluding hydrogens is 322 g/mol. The Morgan fingerprint density at radius 2 is 2.25 bits per heavy atom. The minimum Gasteiger partial charge on any atom is -0.383 e. The molecule has 102 valence electrons. The van der Waals surface area contributed by atoms with E-state index in [4.69, 9.17) is 5.73 Å². The molecule has 0 atom stereocenters. The van der Waals surface area contributed by atoms with Crippen molar-refractivity contribution in [3.8, 4) is 0 Å². The van der Waals surface area contributed by atoms with Crippen LogP contribution in [0.4, 0.5) is 5.82 Å². The molecule has 0 aliphatic heterocycles. The largest absolute Gasteiger partial charge is 0.383 e. The zero-order chi connectivity index (χ0) is 14.3. The van der Waals surface area contributed by atoms with Gasteiger partial charge in [0.1, 0.15) is 12.1 Å². The van der Waals surface area contributed by atoms with Gasteiger partial charge in [-0.25, -0.2) is 4.98 Å². The zero-order valence-corrected chi connectivity index (χ0v) is 12.4. The topological polar surface area (TPSA) is 86.2 Å². The number of carbonyl (C=O) groups excluding carboxylic acids is 1. The van der Waals surface area contributed by atoms with Gasteiger partial charge in [-0.2, -0.15) is 14.6 Å². The van der Waals surface area contributed by atoms with Crippen molar-refractivity contribution in [3.63, 3.8) is 0 Å². The van der Waals surface area contributed by atoms with Crippen LogP contribution in [0.5, 0.6) is 0 Å². The van der Waals surface area contributed by atoms with Crippen molar-refractivity contribution in [1.82, 2.24) is 19.6 Å². The number of aromatic nitrogens is 4. The van der Waals surface area contributed by atoms with Crippen LogP contribution < -0.4 is 5.73 Å². The van der Waals surface area contributed by atoms with Crippen molar-refractivity contribution in [1.29, 1.82) is 0 Å². The highest BCUT2D eigenvalue weighted by Gasteiger charge is 2.17. The lowest BCUT2D eigenvalue weighted by molar-refractivity contribution is -0.114. The van der Waals surface area contributed by atoms with E-state index in [1.54, 1.807) is 6.08 Å². The number of fused-ring (bicyclic) bond motifs is 1. The first-order valence-corrected chi connectivity index (χ1v) is 6.88.